The van der Waals surface area contributed by atoms with Crippen LogP contribution in [0.5, 0.6) is 0 Å². The summed E-state index contributed by atoms with van der Waals surface area (Å²) in [7, 11) is 0. The fraction of sp³-hybridized carbons (Fsp3) is 0.692. The number of hydrogen-bond acceptors (Lipinski definition) is 2. The molecule has 5 heteroatoms. The average molecular weight is 312 g/mol. The Bertz CT molecular complexity index is 445. The van der Waals surface area contributed by atoms with E-state index in [1.165, 1.54) is 25.7 Å². The van der Waals surface area contributed by atoms with Crippen molar-refractivity contribution in [2.24, 2.45) is 0 Å². The third kappa shape index (κ3) is 2.32. The highest BCUT2D eigenvalue weighted by Crippen LogP contribution is 2.43. The smallest absolute Gasteiger partial charge is 0.275 e. The third-order valence-corrected chi connectivity index (χ3v) is 4.62. The normalized spacial score (nSPS) is 20.8. The molecular weight excluding hydrogens is 294 g/mol. The van der Waals surface area contributed by atoms with Crippen molar-refractivity contribution in [2.75, 3.05) is 13.1 Å². The van der Waals surface area contributed by atoms with Gasteiger partial charge in [0.15, 0.2) is 5.69 Å². The Labute approximate surface area is 115 Å². The van der Waals surface area contributed by atoms with Gasteiger partial charge in [-0.25, -0.2) is 0 Å². The summed E-state index contributed by atoms with van der Waals surface area (Å²) in [5.74, 6) is 0.657. The predicted octanol–water partition coefficient (Wildman–Crippen LogP) is 3.07. The molecule has 98 valence electrons. The molecule has 4 nitrogen and oxygen atoms in total. The molecule has 1 saturated carbocycles. The number of halogens is 1. The van der Waals surface area contributed by atoms with Crippen LogP contribution in [0.2, 0.25) is 0 Å². The number of nitrogens with one attached hydrogen (secondary N) is 1. The number of hydrogen-bond donors (Lipinski definition) is 1. The number of aromatic amines is 1. The van der Waals surface area contributed by atoms with E-state index in [0.717, 1.165) is 36.1 Å². The molecule has 1 aromatic rings. The van der Waals surface area contributed by atoms with Crippen LogP contribution in [-0.2, 0) is 0 Å². The minimum absolute atomic E-state index is 0.0759. The number of likely N-dealkylation sites (tertiary alicyclic amines) is 1. The lowest BCUT2D eigenvalue weighted by molar-refractivity contribution is 0.0755. The predicted molar refractivity (Wildman–Crippen MR) is 72.6 cm³/mol. The lowest BCUT2D eigenvalue weighted by atomic mass is 10.2. The summed E-state index contributed by atoms with van der Waals surface area (Å²) in [6.45, 7) is 1.74. The largest absolute Gasteiger partial charge is 0.337 e. The first-order chi connectivity index (χ1) is 8.77. The van der Waals surface area contributed by atoms with E-state index in [1.807, 2.05) is 4.90 Å². The Kier molecular flexibility index (Phi) is 3.41. The van der Waals surface area contributed by atoms with Gasteiger partial charge >= 0.3 is 0 Å². The summed E-state index contributed by atoms with van der Waals surface area (Å²) in [6.07, 6.45) is 7.11. The fourth-order valence-corrected chi connectivity index (χ4v) is 3.22. The van der Waals surface area contributed by atoms with Crippen molar-refractivity contribution in [3.05, 3.63) is 15.9 Å². The van der Waals surface area contributed by atoms with E-state index in [2.05, 4.69) is 26.1 Å². The van der Waals surface area contributed by atoms with Crippen molar-refractivity contribution in [2.45, 2.75) is 44.4 Å². The summed E-state index contributed by atoms with van der Waals surface area (Å²) in [5, 5.41) is 7.25. The molecule has 3 rings (SSSR count). The second-order valence-corrected chi connectivity index (χ2v) is 6.07. The lowest BCUT2D eigenvalue weighted by Gasteiger charge is -2.19. The SMILES string of the molecule is O=C(c1n[nH]c(C2CC2)c1Br)N1CCCCCC1. The van der Waals surface area contributed by atoms with Crippen LogP contribution in [0, 0.1) is 0 Å². The van der Waals surface area contributed by atoms with Crippen LogP contribution < -0.4 is 0 Å². The summed E-state index contributed by atoms with van der Waals surface area (Å²) in [6, 6.07) is 0. The van der Waals surface area contributed by atoms with Crippen molar-refractivity contribution >= 4 is 21.8 Å². The zero-order valence-corrected chi connectivity index (χ0v) is 12.0. The zero-order chi connectivity index (χ0) is 12.5. The standard InChI is InChI=1S/C13H18BrN3O/c14-10-11(9-5-6-9)15-16-12(10)13(18)17-7-3-1-2-4-8-17/h9H,1-8H2,(H,15,16). The van der Waals surface area contributed by atoms with Gasteiger partial charge in [-0.1, -0.05) is 12.8 Å². The van der Waals surface area contributed by atoms with Crippen LogP contribution in [0.1, 0.15) is 60.6 Å². The molecule has 0 aromatic carbocycles. The minimum atomic E-state index is 0.0759. The van der Waals surface area contributed by atoms with Gasteiger partial charge in [-0.2, -0.15) is 5.10 Å². The van der Waals surface area contributed by atoms with E-state index in [-0.39, 0.29) is 5.91 Å². The van der Waals surface area contributed by atoms with Gasteiger partial charge in [0.25, 0.3) is 5.91 Å². The molecule has 0 atom stereocenters. The second kappa shape index (κ2) is 5.03. The molecule has 2 aliphatic rings. The van der Waals surface area contributed by atoms with Crippen molar-refractivity contribution in [3.63, 3.8) is 0 Å². The number of H-pyrrole nitrogens is 1. The highest BCUT2D eigenvalue weighted by atomic mass is 79.9. The molecule has 2 fully saturated rings. The second-order valence-electron chi connectivity index (χ2n) is 5.28. The van der Waals surface area contributed by atoms with Gasteiger partial charge in [-0.05, 0) is 41.6 Å². The van der Waals surface area contributed by atoms with Crippen molar-refractivity contribution in [3.8, 4) is 0 Å². The molecule has 1 aliphatic heterocycles. The van der Waals surface area contributed by atoms with Gasteiger partial charge in [0.05, 0.1) is 10.2 Å². The third-order valence-electron chi connectivity index (χ3n) is 3.81. The Morgan fingerprint density at radius 1 is 1.22 bits per heavy atom. The number of nitrogens with zero attached hydrogens (tertiary/aromatic N) is 2. The highest BCUT2D eigenvalue weighted by molar-refractivity contribution is 9.10. The summed E-state index contributed by atoms with van der Waals surface area (Å²) >= 11 is 3.54. The fourth-order valence-electron chi connectivity index (χ4n) is 2.55. The van der Waals surface area contributed by atoms with Gasteiger partial charge < -0.3 is 4.90 Å². The first-order valence-corrected chi connectivity index (χ1v) is 7.59. The van der Waals surface area contributed by atoms with Crippen molar-refractivity contribution in [1.82, 2.24) is 15.1 Å². The van der Waals surface area contributed by atoms with Crippen LogP contribution in [0.3, 0.4) is 0 Å². The molecule has 2 heterocycles. The Morgan fingerprint density at radius 3 is 2.50 bits per heavy atom. The average Bonchev–Trinajstić information content (AvgIpc) is 3.17. The van der Waals surface area contributed by atoms with Gasteiger partial charge in [0.2, 0.25) is 0 Å². The van der Waals surface area contributed by atoms with Crippen LogP contribution in [0.25, 0.3) is 0 Å². The van der Waals surface area contributed by atoms with E-state index in [1.54, 1.807) is 0 Å². The molecule has 1 saturated heterocycles. The van der Waals surface area contributed by atoms with Gasteiger partial charge in [0, 0.05) is 19.0 Å². The maximum Gasteiger partial charge on any atom is 0.275 e. The molecule has 0 radical (unpaired) electrons. The number of aromatic nitrogens is 2. The maximum atomic E-state index is 12.4. The Balaban J connectivity index is 1.78. The van der Waals surface area contributed by atoms with Crippen molar-refractivity contribution < 1.29 is 4.79 Å². The summed E-state index contributed by atoms with van der Waals surface area (Å²) in [5.41, 5.74) is 1.67. The number of carbonyl (C=O) groups excluding carboxylic acids is 1. The summed E-state index contributed by atoms with van der Waals surface area (Å²) in [4.78, 5) is 14.4. The van der Waals surface area contributed by atoms with E-state index >= 15 is 0 Å². The Morgan fingerprint density at radius 2 is 1.89 bits per heavy atom. The minimum Gasteiger partial charge on any atom is -0.337 e. The molecule has 0 spiro atoms. The van der Waals surface area contributed by atoms with E-state index < -0.39 is 0 Å². The topological polar surface area (TPSA) is 49.0 Å². The van der Waals surface area contributed by atoms with E-state index in [4.69, 9.17) is 0 Å². The van der Waals surface area contributed by atoms with Crippen LogP contribution in [0.4, 0.5) is 0 Å². The zero-order valence-electron chi connectivity index (χ0n) is 10.4. The molecule has 1 N–H and O–H groups in total. The first kappa shape index (κ1) is 12.2. The van der Waals surface area contributed by atoms with Crippen LogP contribution in [0.15, 0.2) is 4.47 Å². The monoisotopic (exact) mass is 311 g/mol. The van der Waals surface area contributed by atoms with Gasteiger partial charge in [-0.3, -0.25) is 9.89 Å². The molecule has 1 amide bonds. The van der Waals surface area contributed by atoms with Gasteiger partial charge in [-0.15, -0.1) is 0 Å². The van der Waals surface area contributed by atoms with Crippen molar-refractivity contribution in [1.29, 1.82) is 0 Å². The lowest BCUT2D eigenvalue weighted by Crippen LogP contribution is -2.32. The maximum absolute atomic E-state index is 12.4. The molecule has 0 unspecified atom stereocenters. The number of amides is 1. The first-order valence-electron chi connectivity index (χ1n) is 6.80. The molecular formula is C13H18BrN3O. The van der Waals surface area contributed by atoms with Crippen LogP contribution in [-0.4, -0.2) is 34.1 Å². The molecule has 18 heavy (non-hydrogen) atoms. The number of rotatable bonds is 2. The number of carbonyl (C=O) groups is 1. The van der Waals surface area contributed by atoms with Gasteiger partial charge in [0.1, 0.15) is 0 Å². The van der Waals surface area contributed by atoms with E-state index in [0.29, 0.717) is 11.6 Å². The summed E-state index contributed by atoms with van der Waals surface area (Å²) < 4.78 is 0.888. The molecule has 1 aliphatic carbocycles. The quantitative estimate of drug-likeness (QED) is 0.912. The van der Waals surface area contributed by atoms with Crippen LogP contribution >= 0.6 is 15.9 Å². The van der Waals surface area contributed by atoms with E-state index in [9.17, 15) is 4.79 Å². The molecule has 1 aromatic heterocycles. The Hall–Kier alpha value is -0.840. The molecule has 0 bridgehead atoms. The highest BCUT2D eigenvalue weighted by Gasteiger charge is 2.31.